The number of pyridine rings is 1. The molecule has 20 heavy (non-hydrogen) atoms. The average Bonchev–Trinajstić information content (AvgIpc) is 3.03. The highest BCUT2D eigenvalue weighted by Crippen LogP contribution is 2.48. The number of rotatable bonds is 3. The Morgan fingerprint density at radius 1 is 1.50 bits per heavy atom. The third-order valence-electron chi connectivity index (χ3n) is 4.83. The molecule has 1 aromatic heterocycles. The third-order valence-corrected chi connectivity index (χ3v) is 5.13. The van der Waals surface area contributed by atoms with Crippen LogP contribution in [0.15, 0.2) is 12.3 Å². The Kier molecular flexibility index (Phi) is 3.59. The smallest absolute Gasteiger partial charge is 0.256 e. The molecule has 1 heterocycles. The molecule has 108 valence electrons. The second kappa shape index (κ2) is 5.24. The summed E-state index contributed by atoms with van der Waals surface area (Å²) in [6.45, 7) is 0.811. The Labute approximate surface area is 124 Å². The molecule has 5 heteroatoms. The number of nitrogens with zero attached hydrogens (tertiary/aromatic N) is 2. The monoisotopic (exact) mass is 293 g/mol. The van der Waals surface area contributed by atoms with Gasteiger partial charge < -0.3 is 10.6 Å². The summed E-state index contributed by atoms with van der Waals surface area (Å²) in [7, 11) is 1.84. The molecule has 2 aliphatic carbocycles. The van der Waals surface area contributed by atoms with E-state index in [1.54, 1.807) is 11.0 Å². The molecule has 2 bridgehead atoms. The fraction of sp³-hybridized carbons (Fsp3) is 0.600. The van der Waals surface area contributed by atoms with E-state index in [2.05, 4.69) is 4.98 Å². The van der Waals surface area contributed by atoms with Gasteiger partial charge in [0, 0.05) is 13.6 Å². The molecule has 4 nitrogen and oxygen atoms in total. The third kappa shape index (κ3) is 2.49. The Bertz CT molecular complexity index is 534. The van der Waals surface area contributed by atoms with E-state index in [9.17, 15) is 4.79 Å². The molecule has 0 aliphatic heterocycles. The fourth-order valence-corrected chi connectivity index (χ4v) is 4.04. The van der Waals surface area contributed by atoms with Gasteiger partial charge in [-0.1, -0.05) is 18.0 Å². The molecule has 2 fully saturated rings. The van der Waals surface area contributed by atoms with Crippen molar-refractivity contribution in [2.45, 2.75) is 25.7 Å². The normalized spacial score (nSPS) is 27.8. The van der Waals surface area contributed by atoms with E-state index in [-0.39, 0.29) is 11.1 Å². The van der Waals surface area contributed by atoms with E-state index in [1.807, 2.05) is 7.05 Å². The zero-order valence-corrected chi connectivity index (χ0v) is 12.4. The molecule has 0 aromatic carbocycles. The van der Waals surface area contributed by atoms with Gasteiger partial charge in [-0.25, -0.2) is 4.98 Å². The summed E-state index contributed by atoms with van der Waals surface area (Å²) in [6.07, 6.45) is 6.80. The number of aromatic nitrogens is 1. The van der Waals surface area contributed by atoms with Crippen LogP contribution in [0.5, 0.6) is 0 Å². The highest BCUT2D eigenvalue weighted by atomic mass is 35.5. The van der Waals surface area contributed by atoms with Gasteiger partial charge in [0.25, 0.3) is 5.91 Å². The molecule has 1 amide bonds. The maximum absolute atomic E-state index is 12.5. The van der Waals surface area contributed by atoms with Crippen molar-refractivity contribution >= 4 is 23.2 Å². The molecule has 0 spiro atoms. The van der Waals surface area contributed by atoms with Crippen LogP contribution in [0.25, 0.3) is 0 Å². The van der Waals surface area contributed by atoms with Gasteiger partial charge in [-0.2, -0.15) is 0 Å². The second-order valence-electron chi connectivity index (χ2n) is 6.23. The van der Waals surface area contributed by atoms with Gasteiger partial charge in [-0.05, 0) is 43.1 Å². The lowest BCUT2D eigenvalue weighted by Crippen LogP contribution is -2.34. The number of hydrogen-bond donors (Lipinski definition) is 1. The molecular weight excluding hydrogens is 274 g/mol. The van der Waals surface area contributed by atoms with Gasteiger partial charge in [0.2, 0.25) is 0 Å². The summed E-state index contributed by atoms with van der Waals surface area (Å²) < 4.78 is 0. The number of fused-ring (bicyclic) bond motifs is 2. The molecular formula is C15H20ClN3O. The Hall–Kier alpha value is -1.29. The first kappa shape index (κ1) is 13.7. The number of anilines is 1. The number of halogens is 1. The van der Waals surface area contributed by atoms with Crippen LogP contribution in [0.1, 0.15) is 36.0 Å². The van der Waals surface area contributed by atoms with Crippen LogP contribution in [-0.4, -0.2) is 29.4 Å². The molecule has 0 saturated heterocycles. The topological polar surface area (TPSA) is 59.2 Å². The lowest BCUT2D eigenvalue weighted by atomic mass is 9.88. The van der Waals surface area contributed by atoms with Crippen LogP contribution in [-0.2, 0) is 0 Å². The number of amides is 1. The maximum atomic E-state index is 12.5. The first-order chi connectivity index (χ1) is 9.54. The largest absolute Gasteiger partial charge is 0.397 e. The van der Waals surface area contributed by atoms with Crippen molar-refractivity contribution in [3.63, 3.8) is 0 Å². The van der Waals surface area contributed by atoms with E-state index in [1.165, 1.54) is 31.9 Å². The van der Waals surface area contributed by atoms with Gasteiger partial charge in [-0.15, -0.1) is 0 Å². The number of nitrogen functional groups attached to an aromatic ring is 1. The van der Waals surface area contributed by atoms with E-state index in [0.717, 1.165) is 18.4 Å². The summed E-state index contributed by atoms with van der Waals surface area (Å²) in [5, 5.41) is 0.226. The van der Waals surface area contributed by atoms with E-state index in [4.69, 9.17) is 17.3 Å². The Morgan fingerprint density at radius 3 is 2.95 bits per heavy atom. The molecule has 2 N–H and O–H groups in total. The van der Waals surface area contributed by atoms with Gasteiger partial charge in [-0.3, -0.25) is 4.79 Å². The first-order valence-electron chi connectivity index (χ1n) is 7.21. The van der Waals surface area contributed by atoms with Crippen molar-refractivity contribution in [3.05, 3.63) is 23.0 Å². The average molecular weight is 294 g/mol. The minimum atomic E-state index is -0.0856. The number of nitrogens with two attached hydrogens (primary N) is 1. The fourth-order valence-electron chi connectivity index (χ4n) is 3.85. The predicted octanol–water partition coefficient (Wildman–Crippen LogP) is 2.83. The number of hydrogen-bond acceptors (Lipinski definition) is 3. The summed E-state index contributed by atoms with van der Waals surface area (Å²) in [4.78, 5) is 18.2. The maximum Gasteiger partial charge on any atom is 0.256 e. The standard InChI is InChI=1S/C15H20ClN3O/c1-19(8-11-5-9-2-3-10(11)4-9)15(20)13-6-12(17)7-18-14(13)16/h6-7,9-11H,2-5,8,17H2,1H3. The van der Waals surface area contributed by atoms with Crippen LogP contribution >= 0.6 is 11.6 Å². The van der Waals surface area contributed by atoms with Gasteiger partial charge in [0.1, 0.15) is 5.15 Å². The lowest BCUT2D eigenvalue weighted by molar-refractivity contribution is 0.0754. The SMILES string of the molecule is CN(CC1CC2CCC1C2)C(=O)c1cc(N)cnc1Cl. The number of carbonyl (C=O) groups is 1. The minimum absolute atomic E-state index is 0.0856. The van der Waals surface area contributed by atoms with Gasteiger partial charge in [0.05, 0.1) is 17.4 Å². The van der Waals surface area contributed by atoms with Crippen LogP contribution < -0.4 is 5.73 Å². The minimum Gasteiger partial charge on any atom is -0.397 e. The van der Waals surface area contributed by atoms with Crippen molar-refractivity contribution < 1.29 is 4.79 Å². The van der Waals surface area contributed by atoms with Crippen molar-refractivity contribution in [1.29, 1.82) is 0 Å². The van der Waals surface area contributed by atoms with Crippen molar-refractivity contribution in [3.8, 4) is 0 Å². The van der Waals surface area contributed by atoms with Crippen LogP contribution in [0, 0.1) is 17.8 Å². The Balaban J connectivity index is 1.69. The molecule has 3 rings (SSSR count). The molecule has 3 atom stereocenters. The van der Waals surface area contributed by atoms with Crippen LogP contribution in [0.2, 0.25) is 5.15 Å². The summed E-state index contributed by atoms with van der Waals surface area (Å²) in [5.74, 6) is 2.27. The number of carbonyl (C=O) groups excluding carboxylic acids is 1. The van der Waals surface area contributed by atoms with E-state index >= 15 is 0 Å². The van der Waals surface area contributed by atoms with Crippen molar-refractivity contribution in [2.24, 2.45) is 17.8 Å². The second-order valence-corrected chi connectivity index (χ2v) is 6.59. The predicted molar refractivity (Wildman–Crippen MR) is 79.6 cm³/mol. The van der Waals surface area contributed by atoms with Gasteiger partial charge in [0.15, 0.2) is 0 Å². The summed E-state index contributed by atoms with van der Waals surface area (Å²) in [6, 6.07) is 1.61. The quantitative estimate of drug-likeness (QED) is 0.872. The summed E-state index contributed by atoms with van der Waals surface area (Å²) >= 11 is 6.00. The van der Waals surface area contributed by atoms with Gasteiger partial charge >= 0.3 is 0 Å². The van der Waals surface area contributed by atoms with Crippen molar-refractivity contribution in [2.75, 3.05) is 19.3 Å². The molecule has 2 aliphatic rings. The molecule has 3 unspecified atom stereocenters. The molecule has 0 radical (unpaired) electrons. The van der Waals surface area contributed by atoms with Crippen LogP contribution in [0.3, 0.4) is 0 Å². The van der Waals surface area contributed by atoms with Crippen molar-refractivity contribution in [1.82, 2.24) is 9.88 Å². The molecule has 2 saturated carbocycles. The van der Waals surface area contributed by atoms with E-state index in [0.29, 0.717) is 17.2 Å². The zero-order chi connectivity index (χ0) is 14.3. The van der Waals surface area contributed by atoms with E-state index < -0.39 is 0 Å². The molecule has 1 aromatic rings. The highest BCUT2D eigenvalue weighted by Gasteiger charge is 2.40. The summed E-state index contributed by atoms with van der Waals surface area (Å²) in [5.41, 5.74) is 6.55. The van der Waals surface area contributed by atoms with Crippen LogP contribution in [0.4, 0.5) is 5.69 Å². The Morgan fingerprint density at radius 2 is 2.30 bits per heavy atom. The zero-order valence-electron chi connectivity index (χ0n) is 11.7. The first-order valence-corrected chi connectivity index (χ1v) is 7.59. The highest BCUT2D eigenvalue weighted by molar-refractivity contribution is 6.32. The lowest BCUT2D eigenvalue weighted by Gasteiger charge is -2.27.